The molecule has 0 spiro atoms. The highest BCUT2D eigenvalue weighted by Crippen LogP contribution is 2.39. The van der Waals surface area contributed by atoms with Gasteiger partial charge in [0.05, 0.1) is 12.0 Å². The van der Waals surface area contributed by atoms with Crippen LogP contribution in [0.1, 0.15) is 42.9 Å². The molecule has 28 heavy (non-hydrogen) atoms. The summed E-state index contributed by atoms with van der Waals surface area (Å²) in [7, 11) is 0. The molecule has 1 aliphatic heterocycles. The minimum atomic E-state index is -0.318. The number of carbonyl (C=O) groups excluding carboxylic acids is 2. The molecule has 4 nitrogen and oxygen atoms in total. The first-order chi connectivity index (χ1) is 13.6. The molecule has 4 rings (SSSR count). The van der Waals surface area contributed by atoms with Gasteiger partial charge in [0.2, 0.25) is 11.8 Å². The average molecular weight is 380 g/mol. The van der Waals surface area contributed by atoms with E-state index in [4.69, 9.17) is 0 Å². The quantitative estimate of drug-likeness (QED) is 0.857. The summed E-state index contributed by atoms with van der Waals surface area (Å²) in [6.07, 6.45) is 3.37. The third-order valence-electron chi connectivity index (χ3n) is 5.76. The standard InChI is InChI=1S/C23H25FN2O2/c24-20-9-5-4-8-18(20)14-25-22(27)19-12-13-21(16-6-2-1-3-7-16)26(15-19)23(28)17-10-11-17/h1-9,17,19,21H,10-15H2,(H,25,27)/t19-,21-/m0/s1. The zero-order valence-electron chi connectivity index (χ0n) is 15.8. The SMILES string of the molecule is O=C(NCc1ccccc1F)[C@H]1CC[C@@H](c2ccccc2)N(C(=O)C2CC2)C1. The number of hydrogen-bond acceptors (Lipinski definition) is 2. The summed E-state index contributed by atoms with van der Waals surface area (Å²) in [5.41, 5.74) is 1.60. The van der Waals surface area contributed by atoms with Crippen molar-refractivity contribution in [2.75, 3.05) is 6.54 Å². The summed E-state index contributed by atoms with van der Waals surface area (Å²) < 4.78 is 13.8. The number of hydrogen-bond donors (Lipinski definition) is 1. The highest BCUT2D eigenvalue weighted by atomic mass is 19.1. The zero-order chi connectivity index (χ0) is 19.5. The monoisotopic (exact) mass is 380 g/mol. The van der Waals surface area contributed by atoms with E-state index < -0.39 is 0 Å². The molecule has 2 atom stereocenters. The fourth-order valence-corrected chi connectivity index (χ4v) is 3.98. The smallest absolute Gasteiger partial charge is 0.226 e. The molecule has 146 valence electrons. The van der Waals surface area contributed by atoms with Gasteiger partial charge in [0.25, 0.3) is 0 Å². The van der Waals surface area contributed by atoms with Crippen molar-refractivity contribution in [3.05, 3.63) is 71.5 Å². The molecule has 2 fully saturated rings. The Labute approximate surface area is 164 Å². The van der Waals surface area contributed by atoms with Gasteiger partial charge >= 0.3 is 0 Å². The lowest BCUT2D eigenvalue weighted by Crippen LogP contribution is -2.47. The summed E-state index contributed by atoms with van der Waals surface area (Å²) >= 11 is 0. The van der Waals surface area contributed by atoms with Crippen molar-refractivity contribution in [3.63, 3.8) is 0 Å². The van der Waals surface area contributed by atoms with Gasteiger partial charge in [0.1, 0.15) is 5.82 Å². The number of likely N-dealkylation sites (tertiary alicyclic amines) is 1. The summed E-state index contributed by atoms with van der Waals surface area (Å²) in [6, 6.07) is 16.5. The molecule has 0 aromatic heterocycles. The summed E-state index contributed by atoms with van der Waals surface area (Å²) in [6.45, 7) is 0.596. The minimum absolute atomic E-state index is 0.0323. The van der Waals surface area contributed by atoms with Crippen LogP contribution in [0.4, 0.5) is 4.39 Å². The first kappa shape index (κ1) is 18.7. The third kappa shape index (κ3) is 4.08. The van der Waals surface area contributed by atoms with Gasteiger partial charge in [-0.15, -0.1) is 0 Å². The minimum Gasteiger partial charge on any atom is -0.352 e. The van der Waals surface area contributed by atoms with Crippen LogP contribution in [-0.2, 0) is 16.1 Å². The Bertz CT molecular complexity index is 851. The molecule has 2 aromatic carbocycles. The Balaban J connectivity index is 1.44. The van der Waals surface area contributed by atoms with Gasteiger partial charge in [-0.1, -0.05) is 48.5 Å². The maximum Gasteiger partial charge on any atom is 0.226 e. The first-order valence-corrected chi connectivity index (χ1v) is 10.00. The summed E-state index contributed by atoms with van der Waals surface area (Å²) in [4.78, 5) is 27.5. The van der Waals surface area contributed by atoms with Gasteiger partial charge < -0.3 is 10.2 Å². The molecule has 2 amide bonds. The van der Waals surface area contributed by atoms with E-state index in [1.165, 1.54) is 6.07 Å². The van der Waals surface area contributed by atoms with Gasteiger partial charge in [0.15, 0.2) is 0 Å². The Morgan fingerprint density at radius 3 is 2.32 bits per heavy atom. The number of piperidine rings is 1. The van der Waals surface area contributed by atoms with E-state index in [1.807, 2.05) is 23.1 Å². The summed E-state index contributed by atoms with van der Waals surface area (Å²) in [5, 5.41) is 2.85. The lowest BCUT2D eigenvalue weighted by Gasteiger charge is -2.39. The second-order valence-corrected chi connectivity index (χ2v) is 7.77. The average Bonchev–Trinajstić information content (AvgIpc) is 3.58. The molecule has 1 N–H and O–H groups in total. The van der Waals surface area contributed by atoms with E-state index in [0.717, 1.165) is 31.2 Å². The van der Waals surface area contributed by atoms with Crippen molar-refractivity contribution < 1.29 is 14.0 Å². The normalized spacial score (nSPS) is 22.0. The first-order valence-electron chi connectivity index (χ1n) is 10.00. The summed E-state index contributed by atoms with van der Waals surface area (Å²) in [5.74, 6) is -0.397. The van der Waals surface area contributed by atoms with Crippen LogP contribution in [0.5, 0.6) is 0 Å². The van der Waals surface area contributed by atoms with Crippen molar-refractivity contribution in [2.45, 2.75) is 38.3 Å². The topological polar surface area (TPSA) is 49.4 Å². The predicted molar refractivity (Wildman–Crippen MR) is 105 cm³/mol. The molecule has 0 radical (unpaired) electrons. The number of rotatable bonds is 5. The van der Waals surface area contributed by atoms with Gasteiger partial charge in [-0.05, 0) is 37.3 Å². The van der Waals surface area contributed by atoms with Crippen molar-refractivity contribution in [2.24, 2.45) is 11.8 Å². The second kappa shape index (κ2) is 8.13. The largest absolute Gasteiger partial charge is 0.352 e. The van der Waals surface area contributed by atoms with E-state index in [-0.39, 0.29) is 42.1 Å². The molecule has 2 aliphatic rings. The van der Waals surface area contributed by atoms with Crippen LogP contribution in [0.15, 0.2) is 54.6 Å². The number of amides is 2. The Hall–Kier alpha value is -2.69. The number of carbonyl (C=O) groups is 2. The molecule has 0 bridgehead atoms. The Kier molecular flexibility index (Phi) is 5.42. The van der Waals surface area contributed by atoms with Crippen LogP contribution in [0.3, 0.4) is 0 Å². The molecule has 2 aromatic rings. The Morgan fingerprint density at radius 1 is 0.929 bits per heavy atom. The second-order valence-electron chi connectivity index (χ2n) is 7.77. The predicted octanol–water partition coefficient (Wildman–Crippen LogP) is 3.83. The van der Waals surface area contributed by atoms with Crippen LogP contribution in [0, 0.1) is 17.7 Å². The Morgan fingerprint density at radius 2 is 1.61 bits per heavy atom. The van der Waals surface area contributed by atoms with Crippen molar-refractivity contribution >= 4 is 11.8 Å². The number of halogens is 1. The lowest BCUT2D eigenvalue weighted by atomic mass is 9.88. The van der Waals surface area contributed by atoms with Crippen molar-refractivity contribution in [1.29, 1.82) is 0 Å². The van der Waals surface area contributed by atoms with Gasteiger partial charge in [-0.2, -0.15) is 0 Å². The molecule has 1 heterocycles. The lowest BCUT2D eigenvalue weighted by molar-refractivity contribution is -0.140. The van der Waals surface area contributed by atoms with E-state index in [0.29, 0.717) is 12.1 Å². The van der Waals surface area contributed by atoms with E-state index >= 15 is 0 Å². The third-order valence-corrected chi connectivity index (χ3v) is 5.76. The van der Waals surface area contributed by atoms with Crippen LogP contribution < -0.4 is 5.32 Å². The van der Waals surface area contributed by atoms with Gasteiger partial charge in [-0.25, -0.2) is 4.39 Å². The van der Waals surface area contributed by atoms with Gasteiger partial charge in [-0.3, -0.25) is 9.59 Å². The molecule has 1 aliphatic carbocycles. The van der Waals surface area contributed by atoms with Gasteiger partial charge in [0, 0.05) is 24.6 Å². The maximum absolute atomic E-state index is 13.8. The number of nitrogens with one attached hydrogen (secondary N) is 1. The highest BCUT2D eigenvalue weighted by Gasteiger charge is 2.41. The highest BCUT2D eigenvalue weighted by molar-refractivity contribution is 5.84. The maximum atomic E-state index is 13.8. The molecular weight excluding hydrogens is 355 g/mol. The van der Waals surface area contributed by atoms with E-state index in [2.05, 4.69) is 17.4 Å². The van der Waals surface area contributed by atoms with E-state index in [1.54, 1.807) is 18.2 Å². The zero-order valence-corrected chi connectivity index (χ0v) is 15.8. The van der Waals surface area contributed by atoms with Crippen LogP contribution >= 0.6 is 0 Å². The molecule has 5 heteroatoms. The fourth-order valence-electron chi connectivity index (χ4n) is 3.98. The molecule has 1 saturated heterocycles. The molecule has 0 unspecified atom stereocenters. The van der Waals surface area contributed by atoms with Crippen LogP contribution in [0.2, 0.25) is 0 Å². The fraction of sp³-hybridized carbons (Fsp3) is 0.391. The number of nitrogens with zero attached hydrogens (tertiary/aromatic N) is 1. The molecule has 1 saturated carbocycles. The number of benzene rings is 2. The van der Waals surface area contributed by atoms with Crippen LogP contribution in [0.25, 0.3) is 0 Å². The van der Waals surface area contributed by atoms with E-state index in [9.17, 15) is 14.0 Å². The van der Waals surface area contributed by atoms with Crippen molar-refractivity contribution in [1.82, 2.24) is 10.2 Å². The van der Waals surface area contributed by atoms with Crippen LogP contribution in [-0.4, -0.2) is 23.3 Å². The molecular formula is C23H25FN2O2. The van der Waals surface area contributed by atoms with Crippen molar-refractivity contribution in [3.8, 4) is 0 Å².